The maximum Gasteiger partial charge on any atom is 0.266 e. The first-order chi connectivity index (χ1) is 13.2. The highest BCUT2D eigenvalue weighted by Gasteiger charge is 2.11. The summed E-state index contributed by atoms with van der Waals surface area (Å²) in [6.45, 7) is 3.15. The normalized spacial score (nSPS) is 10.5. The number of rotatable bonds is 8. The van der Waals surface area contributed by atoms with Gasteiger partial charge in [-0.1, -0.05) is 83.7 Å². The highest BCUT2D eigenvalue weighted by molar-refractivity contribution is 9.10. The highest BCUT2D eigenvalue weighted by Crippen LogP contribution is 2.34. The van der Waals surface area contributed by atoms with E-state index in [0.717, 1.165) is 39.9 Å². The minimum Gasteiger partial charge on any atom is -0.493 e. The van der Waals surface area contributed by atoms with Gasteiger partial charge >= 0.3 is 0 Å². The van der Waals surface area contributed by atoms with Crippen LogP contribution in [0.5, 0.6) is 11.5 Å². The van der Waals surface area contributed by atoms with Gasteiger partial charge in [0.1, 0.15) is 18.1 Å². The second-order valence-electron chi connectivity index (χ2n) is 5.56. The number of nitriles is 1. The van der Waals surface area contributed by atoms with Crippen LogP contribution in [0.2, 0.25) is 0 Å². The van der Waals surface area contributed by atoms with Gasteiger partial charge < -0.3 is 9.47 Å². The van der Waals surface area contributed by atoms with Gasteiger partial charge in [0.15, 0.2) is 0 Å². The molecule has 0 heterocycles. The zero-order chi connectivity index (χ0) is 21.0. The van der Waals surface area contributed by atoms with Gasteiger partial charge in [-0.3, -0.25) is 0 Å². The van der Waals surface area contributed by atoms with E-state index >= 15 is 0 Å². The Morgan fingerprint density at radius 1 is 1.04 bits per heavy atom. The molecule has 3 nitrogen and oxygen atoms in total. The van der Waals surface area contributed by atoms with Crippen LogP contribution >= 0.6 is 62.3 Å². The van der Waals surface area contributed by atoms with Crippen LogP contribution in [-0.2, 0) is 13.0 Å². The molecule has 2 aromatic rings. The van der Waals surface area contributed by atoms with Gasteiger partial charge in [-0.05, 0) is 46.0 Å². The lowest BCUT2D eigenvalue weighted by Gasteiger charge is -2.15. The van der Waals surface area contributed by atoms with Gasteiger partial charge in [0.25, 0.3) is 3.25 Å². The molecule has 0 aliphatic rings. The first kappa shape index (κ1) is 25.2. The Bertz CT molecular complexity index is 755. The van der Waals surface area contributed by atoms with E-state index < -0.39 is 3.25 Å². The van der Waals surface area contributed by atoms with Crippen molar-refractivity contribution in [3.05, 3.63) is 58.1 Å². The van der Waals surface area contributed by atoms with Crippen LogP contribution in [0.15, 0.2) is 46.9 Å². The van der Waals surface area contributed by atoms with Crippen LogP contribution in [-0.4, -0.2) is 9.86 Å². The zero-order valence-electron chi connectivity index (χ0n) is 15.2. The van der Waals surface area contributed by atoms with E-state index in [-0.39, 0.29) is 0 Å². The molecule has 0 unspecified atom stereocenters. The number of benzene rings is 2. The molecule has 0 N–H and O–H groups in total. The van der Waals surface area contributed by atoms with E-state index in [9.17, 15) is 0 Å². The number of alkyl halides is 4. The van der Waals surface area contributed by atoms with Crippen molar-refractivity contribution in [3.63, 3.8) is 0 Å². The van der Waals surface area contributed by atoms with Crippen LogP contribution < -0.4 is 9.47 Å². The van der Waals surface area contributed by atoms with Crippen molar-refractivity contribution in [2.75, 3.05) is 6.61 Å². The summed E-state index contributed by atoms with van der Waals surface area (Å²) in [5.41, 5.74) is 2.25. The monoisotopic (exact) mass is 525 g/mol. The predicted octanol–water partition coefficient (Wildman–Crippen LogP) is 7.83. The van der Waals surface area contributed by atoms with Crippen molar-refractivity contribution in [1.82, 2.24) is 0 Å². The third-order valence-corrected chi connectivity index (χ3v) is 4.04. The second kappa shape index (κ2) is 13.4. The van der Waals surface area contributed by atoms with E-state index in [1.165, 1.54) is 0 Å². The summed E-state index contributed by atoms with van der Waals surface area (Å²) >= 11 is 22.9. The van der Waals surface area contributed by atoms with Gasteiger partial charge in [-0.2, -0.15) is 5.26 Å². The van der Waals surface area contributed by atoms with Crippen LogP contribution in [0, 0.1) is 11.3 Å². The molecule has 0 bridgehead atoms. The SMILES string of the molecule is CCc1cc(Br)c(OCc2ccccc2)cc1OCCCC#N.ClC(Cl)(Cl)Cl. The van der Waals surface area contributed by atoms with Crippen molar-refractivity contribution < 1.29 is 9.47 Å². The molecule has 0 aliphatic carbocycles. The van der Waals surface area contributed by atoms with Crippen molar-refractivity contribution in [2.24, 2.45) is 0 Å². The van der Waals surface area contributed by atoms with Gasteiger partial charge in [-0.15, -0.1) is 0 Å². The van der Waals surface area contributed by atoms with Crippen LogP contribution in [0.4, 0.5) is 0 Å². The zero-order valence-corrected chi connectivity index (χ0v) is 19.8. The first-order valence-electron chi connectivity index (χ1n) is 8.49. The standard InChI is InChI=1S/C19H20BrNO2.CCl4/c1-2-16-12-17(20)19(13-18(16)22-11-7-6-10-21)23-14-15-8-4-3-5-9-15;2-1(3,4)5/h3-5,8-9,12-13H,2,6-7,11,14H2,1H3;. The molecule has 0 saturated heterocycles. The average Bonchev–Trinajstić information content (AvgIpc) is 2.64. The number of ether oxygens (including phenoxy) is 2. The number of halogens is 5. The molecule has 8 heteroatoms. The lowest BCUT2D eigenvalue weighted by atomic mass is 10.1. The third kappa shape index (κ3) is 11.2. The molecule has 2 rings (SSSR count). The number of hydrogen-bond acceptors (Lipinski definition) is 3. The fourth-order valence-electron chi connectivity index (χ4n) is 2.17. The smallest absolute Gasteiger partial charge is 0.266 e. The van der Waals surface area contributed by atoms with Gasteiger partial charge in [-0.25, -0.2) is 0 Å². The molecule has 0 aliphatic heterocycles. The summed E-state index contributed by atoms with van der Waals surface area (Å²) in [5, 5.41) is 8.59. The lowest BCUT2D eigenvalue weighted by Crippen LogP contribution is -2.02. The maximum absolute atomic E-state index is 8.59. The van der Waals surface area contributed by atoms with Crippen molar-refractivity contribution >= 4 is 62.3 Å². The van der Waals surface area contributed by atoms with Crippen LogP contribution in [0.1, 0.15) is 30.9 Å². The largest absolute Gasteiger partial charge is 0.493 e. The summed E-state index contributed by atoms with van der Waals surface area (Å²) in [6.07, 6.45) is 2.12. The van der Waals surface area contributed by atoms with Gasteiger partial charge in [0.2, 0.25) is 0 Å². The fourth-order valence-corrected chi connectivity index (χ4v) is 2.67. The van der Waals surface area contributed by atoms with Crippen LogP contribution in [0.3, 0.4) is 0 Å². The van der Waals surface area contributed by atoms with Gasteiger partial charge in [0, 0.05) is 12.5 Å². The Balaban J connectivity index is 0.000000696. The molecule has 0 fully saturated rings. The third-order valence-electron chi connectivity index (χ3n) is 3.42. The molecule has 2 aromatic carbocycles. The summed E-state index contributed by atoms with van der Waals surface area (Å²) < 4.78 is 11.1. The molecule has 152 valence electrons. The van der Waals surface area contributed by atoms with Crippen molar-refractivity contribution in [2.45, 2.75) is 36.0 Å². The lowest BCUT2D eigenvalue weighted by molar-refractivity contribution is 0.290. The molecule has 0 spiro atoms. The first-order valence-corrected chi connectivity index (χ1v) is 10.8. The molecule has 0 saturated carbocycles. The Labute approximate surface area is 194 Å². The number of nitrogens with zero attached hydrogens (tertiary/aromatic N) is 1. The number of aryl methyl sites for hydroxylation is 1. The Kier molecular flexibility index (Phi) is 12.1. The molecule has 0 atom stereocenters. The molecule has 0 amide bonds. The Hall–Kier alpha value is -0.830. The molecular weight excluding hydrogens is 508 g/mol. The molecule has 28 heavy (non-hydrogen) atoms. The van der Waals surface area contributed by atoms with E-state index in [0.29, 0.717) is 19.6 Å². The topological polar surface area (TPSA) is 42.2 Å². The summed E-state index contributed by atoms with van der Waals surface area (Å²) in [6, 6.07) is 16.2. The molecular formula is C20H20BrCl4NO2. The minimum atomic E-state index is -1.61. The van der Waals surface area contributed by atoms with E-state index in [2.05, 4.69) is 28.9 Å². The second-order valence-corrected chi connectivity index (χ2v) is 9.84. The van der Waals surface area contributed by atoms with Crippen LogP contribution in [0.25, 0.3) is 0 Å². The molecule has 0 aromatic heterocycles. The summed E-state index contributed by atoms with van der Waals surface area (Å²) in [5.74, 6) is 1.60. The predicted molar refractivity (Wildman–Crippen MR) is 121 cm³/mol. The number of unbranched alkanes of at least 4 members (excludes halogenated alkanes) is 1. The molecule has 0 radical (unpaired) electrons. The fraction of sp³-hybridized carbons (Fsp3) is 0.350. The maximum atomic E-state index is 8.59. The average molecular weight is 528 g/mol. The number of hydrogen-bond donors (Lipinski definition) is 0. The van der Waals surface area contributed by atoms with Crippen molar-refractivity contribution in [3.8, 4) is 17.6 Å². The minimum absolute atomic E-state index is 0.509. The quantitative estimate of drug-likeness (QED) is 0.259. The Morgan fingerprint density at radius 3 is 2.25 bits per heavy atom. The van der Waals surface area contributed by atoms with E-state index in [4.69, 9.17) is 61.1 Å². The van der Waals surface area contributed by atoms with Crippen molar-refractivity contribution in [1.29, 1.82) is 5.26 Å². The highest BCUT2D eigenvalue weighted by atomic mass is 79.9. The summed E-state index contributed by atoms with van der Waals surface area (Å²) in [4.78, 5) is 0. The Morgan fingerprint density at radius 2 is 1.68 bits per heavy atom. The summed E-state index contributed by atoms with van der Waals surface area (Å²) in [7, 11) is 0. The van der Waals surface area contributed by atoms with Gasteiger partial charge in [0.05, 0.1) is 17.1 Å². The van der Waals surface area contributed by atoms with E-state index in [1.807, 2.05) is 42.5 Å². The van der Waals surface area contributed by atoms with E-state index in [1.54, 1.807) is 0 Å².